The molecular formula is C11H17N3O2S. The third-order valence-corrected chi connectivity index (χ3v) is 2.87. The summed E-state index contributed by atoms with van der Waals surface area (Å²) in [4.78, 5) is 19.2. The van der Waals surface area contributed by atoms with Crippen molar-refractivity contribution in [1.29, 1.82) is 0 Å². The van der Waals surface area contributed by atoms with Gasteiger partial charge in [0.1, 0.15) is 6.04 Å². The van der Waals surface area contributed by atoms with E-state index in [1.165, 1.54) is 11.8 Å². The van der Waals surface area contributed by atoms with Crippen LogP contribution in [0, 0.1) is 0 Å². The smallest absolute Gasteiger partial charge is 0.320 e. The minimum atomic E-state index is -0.812. The van der Waals surface area contributed by atoms with Gasteiger partial charge >= 0.3 is 5.97 Å². The first-order chi connectivity index (χ1) is 8.17. The van der Waals surface area contributed by atoms with Crippen LogP contribution >= 0.6 is 11.8 Å². The maximum absolute atomic E-state index is 10.9. The highest BCUT2D eigenvalue weighted by molar-refractivity contribution is 7.98. The fraction of sp³-hybridized carbons (Fsp3) is 0.545. The molecule has 0 saturated heterocycles. The molecule has 0 saturated carbocycles. The van der Waals surface area contributed by atoms with Gasteiger partial charge in [-0.3, -0.25) is 4.79 Å². The Morgan fingerprint density at radius 2 is 2.18 bits per heavy atom. The number of aliphatic carboxylic acids is 1. The molecule has 0 aliphatic heterocycles. The van der Waals surface area contributed by atoms with E-state index in [-0.39, 0.29) is 0 Å². The molecule has 0 bridgehead atoms. The first kappa shape index (κ1) is 13.9. The molecule has 0 aliphatic carbocycles. The Morgan fingerprint density at radius 1 is 1.53 bits per heavy atom. The normalized spacial score (nSPS) is 12.4. The lowest BCUT2D eigenvalue weighted by molar-refractivity contribution is -0.139. The van der Waals surface area contributed by atoms with Gasteiger partial charge in [-0.15, -0.1) is 0 Å². The van der Waals surface area contributed by atoms with Crippen molar-refractivity contribution < 1.29 is 9.90 Å². The SMILES string of the molecule is CCCC(NCc1cnc(SC)nc1)C(=O)O. The molecule has 0 aromatic carbocycles. The number of nitrogens with zero attached hydrogens (tertiary/aromatic N) is 2. The van der Waals surface area contributed by atoms with E-state index in [0.717, 1.165) is 17.1 Å². The van der Waals surface area contributed by atoms with Crippen LogP contribution in [0.4, 0.5) is 0 Å². The second-order valence-corrected chi connectivity index (χ2v) is 4.41. The number of nitrogens with one attached hydrogen (secondary N) is 1. The van der Waals surface area contributed by atoms with Crippen LogP contribution in [0.15, 0.2) is 17.6 Å². The molecule has 94 valence electrons. The van der Waals surface area contributed by atoms with Crippen molar-refractivity contribution in [3.8, 4) is 0 Å². The predicted molar refractivity (Wildman–Crippen MR) is 67.0 cm³/mol. The lowest BCUT2D eigenvalue weighted by Gasteiger charge is -2.12. The highest BCUT2D eigenvalue weighted by atomic mass is 32.2. The van der Waals surface area contributed by atoms with Gasteiger partial charge in [-0.25, -0.2) is 9.97 Å². The number of carboxylic acid groups (broad SMARTS) is 1. The molecule has 1 aromatic rings. The second-order valence-electron chi connectivity index (χ2n) is 3.64. The summed E-state index contributed by atoms with van der Waals surface area (Å²) in [7, 11) is 0. The molecule has 0 fully saturated rings. The zero-order chi connectivity index (χ0) is 12.7. The maximum atomic E-state index is 10.9. The van der Waals surface area contributed by atoms with E-state index in [9.17, 15) is 4.79 Å². The van der Waals surface area contributed by atoms with E-state index in [4.69, 9.17) is 5.11 Å². The Bertz CT molecular complexity index is 356. The Hall–Kier alpha value is -1.14. The van der Waals surface area contributed by atoms with E-state index in [1.807, 2.05) is 13.2 Å². The molecule has 5 nitrogen and oxygen atoms in total. The topological polar surface area (TPSA) is 75.1 Å². The summed E-state index contributed by atoms with van der Waals surface area (Å²) in [6, 6.07) is -0.500. The lowest BCUT2D eigenvalue weighted by atomic mass is 10.1. The van der Waals surface area contributed by atoms with Crippen LogP contribution in [0.2, 0.25) is 0 Å². The van der Waals surface area contributed by atoms with Crippen LogP contribution in [0.3, 0.4) is 0 Å². The zero-order valence-electron chi connectivity index (χ0n) is 10.0. The van der Waals surface area contributed by atoms with E-state index in [0.29, 0.717) is 13.0 Å². The van der Waals surface area contributed by atoms with Crippen molar-refractivity contribution in [3.63, 3.8) is 0 Å². The molecule has 0 amide bonds. The van der Waals surface area contributed by atoms with Crippen molar-refractivity contribution in [2.24, 2.45) is 0 Å². The van der Waals surface area contributed by atoms with E-state index < -0.39 is 12.0 Å². The molecule has 0 radical (unpaired) electrons. The maximum Gasteiger partial charge on any atom is 0.320 e. The average Bonchev–Trinajstić information content (AvgIpc) is 2.34. The van der Waals surface area contributed by atoms with Crippen LogP contribution in [-0.4, -0.2) is 33.3 Å². The minimum Gasteiger partial charge on any atom is -0.480 e. The first-order valence-electron chi connectivity index (χ1n) is 5.48. The van der Waals surface area contributed by atoms with Crippen LogP contribution < -0.4 is 5.32 Å². The molecule has 1 heterocycles. The highest BCUT2D eigenvalue weighted by Crippen LogP contribution is 2.07. The monoisotopic (exact) mass is 255 g/mol. The third-order valence-electron chi connectivity index (χ3n) is 2.29. The van der Waals surface area contributed by atoms with Crippen molar-refractivity contribution >= 4 is 17.7 Å². The standard InChI is InChI=1S/C11H17N3O2S/c1-3-4-9(10(15)16)12-5-8-6-13-11(17-2)14-7-8/h6-7,9,12H,3-5H2,1-2H3,(H,15,16). The number of hydrogen-bond donors (Lipinski definition) is 2. The Balaban J connectivity index is 2.50. The van der Waals surface area contributed by atoms with Gasteiger partial charge in [0.25, 0.3) is 0 Å². The van der Waals surface area contributed by atoms with Crippen LogP contribution in [0.1, 0.15) is 25.3 Å². The van der Waals surface area contributed by atoms with Gasteiger partial charge in [-0.1, -0.05) is 25.1 Å². The van der Waals surface area contributed by atoms with Gasteiger partial charge in [-0.2, -0.15) is 0 Å². The number of carboxylic acids is 1. The fourth-order valence-electron chi connectivity index (χ4n) is 1.38. The van der Waals surface area contributed by atoms with Crippen molar-refractivity contribution in [1.82, 2.24) is 15.3 Å². The predicted octanol–water partition coefficient (Wildman–Crippen LogP) is 1.54. The molecule has 1 aromatic heterocycles. The number of aromatic nitrogens is 2. The molecule has 1 atom stereocenters. The molecule has 17 heavy (non-hydrogen) atoms. The summed E-state index contributed by atoms with van der Waals surface area (Å²) < 4.78 is 0. The molecule has 6 heteroatoms. The van der Waals surface area contributed by atoms with Gasteiger partial charge in [-0.05, 0) is 12.7 Å². The number of hydrogen-bond acceptors (Lipinski definition) is 5. The number of carbonyl (C=O) groups is 1. The molecular weight excluding hydrogens is 238 g/mol. The lowest BCUT2D eigenvalue weighted by Crippen LogP contribution is -2.36. The fourth-order valence-corrected chi connectivity index (χ4v) is 1.70. The van der Waals surface area contributed by atoms with E-state index >= 15 is 0 Å². The summed E-state index contributed by atoms with van der Waals surface area (Å²) in [6.45, 7) is 2.44. The van der Waals surface area contributed by atoms with E-state index in [2.05, 4.69) is 15.3 Å². The van der Waals surface area contributed by atoms with Crippen molar-refractivity contribution in [3.05, 3.63) is 18.0 Å². The molecule has 1 rings (SSSR count). The Labute approximate surface area is 105 Å². The number of thioether (sulfide) groups is 1. The summed E-state index contributed by atoms with van der Waals surface area (Å²) in [6.07, 6.45) is 6.81. The number of rotatable bonds is 7. The quantitative estimate of drug-likeness (QED) is 0.568. The summed E-state index contributed by atoms with van der Waals surface area (Å²) in [5, 5.41) is 12.7. The van der Waals surface area contributed by atoms with Gasteiger partial charge in [0.05, 0.1) is 0 Å². The Kier molecular flexibility index (Phi) is 5.93. The minimum absolute atomic E-state index is 0.478. The van der Waals surface area contributed by atoms with Crippen molar-refractivity contribution in [2.45, 2.75) is 37.5 Å². The average molecular weight is 255 g/mol. The third kappa shape index (κ3) is 4.70. The molecule has 2 N–H and O–H groups in total. The van der Waals surface area contributed by atoms with Gasteiger partial charge in [0.15, 0.2) is 5.16 Å². The largest absolute Gasteiger partial charge is 0.480 e. The molecule has 0 spiro atoms. The van der Waals surface area contributed by atoms with Crippen LogP contribution in [0.25, 0.3) is 0 Å². The Morgan fingerprint density at radius 3 is 2.65 bits per heavy atom. The molecule has 0 aliphatic rings. The second kappa shape index (κ2) is 7.24. The first-order valence-corrected chi connectivity index (χ1v) is 6.71. The van der Waals surface area contributed by atoms with Gasteiger partial charge in [0.2, 0.25) is 0 Å². The van der Waals surface area contributed by atoms with Crippen LogP contribution in [-0.2, 0) is 11.3 Å². The van der Waals surface area contributed by atoms with Gasteiger partial charge in [0, 0.05) is 24.5 Å². The zero-order valence-corrected chi connectivity index (χ0v) is 10.8. The summed E-state index contributed by atoms with van der Waals surface area (Å²) in [5.41, 5.74) is 0.894. The van der Waals surface area contributed by atoms with Crippen LogP contribution in [0.5, 0.6) is 0 Å². The summed E-state index contributed by atoms with van der Waals surface area (Å²) >= 11 is 1.48. The van der Waals surface area contributed by atoms with Crippen molar-refractivity contribution in [2.75, 3.05) is 6.26 Å². The molecule has 1 unspecified atom stereocenters. The summed E-state index contributed by atoms with van der Waals surface area (Å²) in [5.74, 6) is -0.812. The van der Waals surface area contributed by atoms with Gasteiger partial charge < -0.3 is 10.4 Å². The highest BCUT2D eigenvalue weighted by Gasteiger charge is 2.15. The van der Waals surface area contributed by atoms with E-state index in [1.54, 1.807) is 12.4 Å².